The Morgan fingerprint density at radius 1 is 0.929 bits per heavy atom. The Hall–Kier alpha value is -2.86. The van der Waals surface area contributed by atoms with E-state index in [2.05, 4.69) is 10.6 Å². The van der Waals surface area contributed by atoms with Gasteiger partial charge in [0.25, 0.3) is 0 Å². The number of amides is 2. The van der Waals surface area contributed by atoms with Gasteiger partial charge in [0.05, 0.1) is 6.04 Å². The third-order valence-corrected chi connectivity index (χ3v) is 4.72. The predicted octanol–water partition coefficient (Wildman–Crippen LogP) is 2.73. The number of nitrogens with one attached hydrogen (secondary N) is 2. The molecule has 2 amide bonds. The molecule has 0 saturated heterocycles. The molecule has 2 rings (SSSR count). The van der Waals surface area contributed by atoms with E-state index in [0.717, 1.165) is 22.4 Å². The van der Waals surface area contributed by atoms with Crippen molar-refractivity contribution in [1.29, 1.82) is 0 Å². The molecule has 0 aliphatic heterocycles. The van der Waals surface area contributed by atoms with Crippen molar-refractivity contribution in [3.05, 3.63) is 59.2 Å². The van der Waals surface area contributed by atoms with Gasteiger partial charge in [-0.3, -0.25) is 9.59 Å². The second-order valence-electron chi connectivity index (χ2n) is 7.45. The smallest absolute Gasteiger partial charge is 0.313 e. The van der Waals surface area contributed by atoms with Crippen molar-refractivity contribution in [2.45, 2.75) is 19.9 Å². The quantitative estimate of drug-likeness (QED) is 0.754. The zero-order valence-corrected chi connectivity index (χ0v) is 17.5. The molecule has 0 spiro atoms. The lowest BCUT2D eigenvalue weighted by Crippen LogP contribution is -2.40. The third-order valence-electron chi connectivity index (χ3n) is 4.72. The van der Waals surface area contributed by atoms with E-state index < -0.39 is 11.8 Å². The number of aryl methyl sites for hydroxylation is 2. The molecule has 2 aromatic carbocycles. The van der Waals surface area contributed by atoms with E-state index in [1.165, 1.54) is 0 Å². The van der Waals surface area contributed by atoms with E-state index >= 15 is 0 Å². The Kier molecular flexibility index (Phi) is 7.18. The third kappa shape index (κ3) is 5.57. The number of benzene rings is 2. The summed E-state index contributed by atoms with van der Waals surface area (Å²) < 4.78 is 0. The summed E-state index contributed by atoms with van der Waals surface area (Å²) in [4.78, 5) is 28.6. The molecule has 0 radical (unpaired) electrons. The molecule has 0 bridgehead atoms. The van der Waals surface area contributed by atoms with Gasteiger partial charge in [0.15, 0.2) is 0 Å². The molecule has 1 atom stereocenters. The largest absolute Gasteiger partial charge is 0.378 e. The van der Waals surface area contributed by atoms with E-state index in [1.54, 1.807) is 0 Å². The SMILES string of the molecule is Cc1ccc(C)c(NC(=O)C(=O)NC[C@@H](c2ccc(N(C)C)cc2)N(C)C)c1. The summed E-state index contributed by atoms with van der Waals surface area (Å²) in [5, 5.41) is 5.44. The first-order chi connectivity index (χ1) is 13.2. The Balaban J connectivity index is 2.01. The maximum absolute atomic E-state index is 12.3. The van der Waals surface area contributed by atoms with Crippen LogP contribution in [0.25, 0.3) is 0 Å². The Morgan fingerprint density at radius 2 is 1.57 bits per heavy atom. The number of carbonyl (C=O) groups is 2. The van der Waals surface area contributed by atoms with Gasteiger partial charge < -0.3 is 20.4 Å². The molecule has 2 N–H and O–H groups in total. The maximum Gasteiger partial charge on any atom is 0.313 e. The van der Waals surface area contributed by atoms with Crippen LogP contribution in [0.1, 0.15) is 22.7 Å². The van der Waals surface area contributed by atoms with Crippen molar-refractivity contribution in [1.82, 2.24) is 10.2 Å². The highest BCUT2D eigenvalue weighted by molar-refractivity contribution is 6.39. The summed E-state index contributed by atoms with van der Waals surface area (Å²) >= 11 is 0. The highest BCUT2D eigenvalue weighted by Gasteiger charge is 2.19. The Morgan fingerprint density at radius 3 is 2.14 bits per heavy atom. The van der Waals surface area contributed by atoms with Crippen LogP contribution in [-0.2, 0) is 9.59 Å². The monoisotopic (exact) mass is 382 g/mol. The van der Waals surface area contributed by atoms with Crippen molar-refractivity contribution < 1.29 is 9.59 Å². The minimum atomic E-state index is -0.658. The molecule has 0 unspecified atom stereocenters. The summed E-state index contributed by atoms with van der Waals surface area (Å²) in [6.45, 7) is 4.18. The predicted molar refractivity (Wildman–Crippen MR) is 115 cm³/mol. The molecule has 0 aromatic heterocycles. The van der Waals surface area contributed by atoms with Crippen LogP contribution in [0.5, 0.6) is 0 Å². The molecule has 6 nitrogen and oxygen atoms in total. The zero-order valence-electron chi connectivity index (χ0n) is 17.5. The summed E-state index contributed by atoms with van der Waals surface area (Å²) in [6, 6.07) is 13.9. The number of nitrogens with zero attached hydrogens (tertiary/aromatic N) is 2. The van der Waals surface area contributed by atoms with Crippen LogP contribution in [0, 0.1) is 13.8 Å². The van der Waals surface area contributed by atoms with E-state index in [0.29, 0.717) is 12.2 Å². The van der Waals surface area contributed by atoms with Crippen LogP contribution in [0.3, 0.4) is 0 Å². The van der Waals surface area contributed by atoms with E-state index in [9.17, 15) is 9.59 Å². The van der Waals surface area contributed by atoms with Crippen molar-refractivity contribution in [3.8, 4) is 0 Å². The molecule has 28 heavy (non-hydrogen) atoms. The van der Waals surface area contributed by atoms with Gasteiger partial charge in [-0.1, -0.05) is 24.3 Å². The molecule has 0 saturated carbocycles. The molecule has 0 fully saturated rings. The van der Waals surface area contributed by atoms with Crippen LogP contribution >= 0.6 is 0 Å². The lowest BCUT2D eigenvalue weighted by atomic mass is 10.1. The summed E-state index contributed by atoms with van der Waals surface area (Å²) in [5.41, 5.74) is 4.78. The first-order valence-electron chi connectivity index (χ1n) is 9.29. The van der Waals surface area contributed by atoms with E-state index in [1.807, 2.05) is 94.3 Å². The van der Waals surface area contributed by atoms with Crippen molar-refractivity contribution in [2.75, 3.05) is 45.0 Å². The van der Waals surface area contributed by atoms with Gasteiger partial charge in [-0.05, 0) is 62.8 Å². The number of likely N-dealkylation sites (N-methyl/N-ethyl adjacent to an activating group) is 1. The number of anilines is 2. The number of carbonyl (C=O) groups excluding carboxylic acids is 2. The van der Waals surface area contributed by atoms with Crippen LogP contribution in [0.15, 0.2) is 42.5 Å². The summed E-state index contributed by atoms with van der Waals surface area (Å²) in [7, 11) is 7.89. The minimum Gasteiger partial charge on any atom is -0.378 e. The Bertz CT molecular complexity index is 829. The minimum absolute atomic E-state index is 0.0336. The molecular formula is C22H30N4O2. The Labute approximate surface area is 167 Å². The molecule has 0 aliphatic rings. The standard InChI is InChI=1S/C22H30N4O2/c1-15-7-8-16(2)19(13-15)24-22(28)21(27)23-14-20(26(5)6)17-9-11-18(12-10-17)25(3)4/h7-13,20H,14H2,1-6H3,(H,23,27)(H,24,28)/t20-/m0/s1. The maximum atomic E-state index is 12.3. The summed E-state index contributed by atoms with van der Waals surface area (Å²) in [6.07, 6.45) is 0. The average Bonchev–Trinajstić information content (AvgIpc) is 2.64. The van der Waals surface area contributed by atoms with Gasteiger partial charge in [0.2, 0.25) is 0 Å². The first-order valence-corrected chi connectivity index (χ1v) is 9.29. The number of rotatable bonds is 6. The summed E-state index contributed by atoms with van der Waals surface area (Å²) in [5.74, 6) is -1.30. The second kappa shape index (κ2) is 9.37. The lowest BCUT2D eigenvalue weighted by Gasteiger charge is -2.25. The molecule has 6 heteroatoms. The normalized spacial score (nSPS) is 11.8. The molecular weight excluding hydrogens is 352 g/mol. The van der Waals surface area contributed by atoms with Gasteiger partial charge in [-0.25, -0.2) is 0 Å². The van der Waals surface area contributed by atoms with E-state index in [-0.39, 0.29) is 6.04 Å². The molecule has 2 aromatic rings. The van der Waals surface area contributed by atoms with Gasteiger partial charge in [-0.15, -0.1) is 0 Å². The van der Waals surface area contributed by atoms with Crippen LogP contribution in [-0.4, -0.2) is 51.4 Å². The fourth-order valence-electron chi connectivity index (χ4n) is 2.91. The molecule has 0 aliphatic carbocycles. The fraction of sp³-hybridized carbons (Fsp3) is 0.364. The number of hydrogen-bond acceptors (Lipinski definition) is 4. The van der Waals surface area contributed by atoms with Gasteiger partial charge in [-0.2, -0.15) is 0 Å². The van der Waals surface area contributed by atoms with Crippen LogP contribution in [0.4, 0.5) is 11.4 Å². The van der Waals surface area contributed by atoms with Crippen molar-refractivity contribution in [3.63, 3.8) is 0 Å². The average molecular weight is 383 g/mol. The highest BCUT2D eigenvalue weighted by atomic mass is 16.2. The van der Waals surface area contributed by atoms with Gasteiger partial charge in [0.1, 0.15) is 0 Å². The fourth-order valence-corrected chi connectivity index (χ4v) is 2.91. The zero-order chi connectivity index (χ0) is 20.8. The van der Waals surface area contributed by atoms with Crippen molar-refractivity contribution in [2.24, 2.45) is 0 Å². The highest BCUT2D eigenvalue weighted by Crippen LogP contribution is 2.21. The van der Waals surface area contributed by atoms with Gasteiger partial charge >= 0.3 is 11.8 Å². The van der Waals surface area contributed by atoms with Gasteiger partial charge in [0, 0.05) is 32.0 Å². The number of hydrogen-bond donors (Lipinski definition) is 2. The topological polar surface area (TPSA) is 64.7 Å². The second-order valence-corrected chi connectivity index (χ2v) is 7.45. The van der Waals surface area contributed by atoms with Crippen LogP contribution < -0.4 is 15.5 Å². The van der Waals surface area contributed by atoms with Crippen molar-refractivity contribution >= 4 is 23.2 Å². The molecule has 0 heterocycles. The van der Waals surface area contributed by atoms with Crippen LogP contribution in [0.2, 0.25) is 0 Å². The molecule has 150 valence electrons. The first kappa shape index (κ1) is 21.4. The van der Waals surface area contributed by atoms with E-state index in [4.69, 9.17) is 0 Å². The lowest BCUT2D eigenvalue weighted by molar-refractivity contribution is -0.136.